The van der Waals surface area contributed by atoms with E-state index in [0.717, 1.165) is 6.42 Å². The van der Waals surface area contributed by atoms with Gasteiger partial charge in [0, 0.05) is 18.6 Å². The van der Waals surface area contributed by atoms with E-state index in [-0.39, 0.29) is 17.8 Å². The fourth-order valence-corrected chi connectivity index (χ4v) is 1.96. The van der Waals surface area contributed by atoms with Crippen LogP contribution in [0.15, 0.2) is 0 Å². The van der Waals surface area contributed by atoms with E-state index in [4.69, 9.17) is 0 Å². The second-order valence-electron chi connectivity index (χ2n) is 4.70. The quantitative estimate of drug-likeness (QED) is 0.740. The van der Waals surface area contributed by atoms with Crippen molar-refractivity contribution < 1.29 is 13.5 Å². The molecule has 1 atom stereocenters. The molecule has 0 aromatic heterocycles. The van der Waals surface area contributed by atoms with Crippen LogP contribution in [0.3, 0.4) is 0 Å². The maximum absolute atomic E-state index is 10.9. The van der Waals surface area contributed by atoms with Gasteiger partial charge in [-0.05, 0) is 24.2 Å². The van der Waals surface area contributed by atoms with E-state index >= 15 is 0 Å². The van der Waals surface area contributed by atoms with E-state index in [1.54, 1.807) is 0 Å². The largest absolute Gasteiger partial charge is 0.396 e. The van der Waals surface area contributed by atoms with Crippen LogP contribution in [0.5, 0.6) is 0 Å². The normalized spacial score (nSPS) is 17.0. The first-order chi connectivity index (χ1) is 6.21. The third-order valence-electron chi connectivity index (χ3n) is 3.02. The Morgan fingerprint density at radius 3 is 2.14 bits per heavy atom. The lowest BCUT2D eigenvalue weighted by atomic mass is 9.76. The molecule has 0 radical (unpaired) electrons. The molecule has 14 heavy (non-hydrogen) atoms. The highest BCUT2D eigenvalue weighted by molar-refractivity contribution is 7.90. The molecule has 0 spiro atoms. The van der Waals surface area contributed by atoms with Gasteiger partial charge in [0.25, 0.3) is 0 Å². The van der Waals surface area contributed by atoms with Crippen molar-refractivity contribution in [3.63, 3.8) is 0 Å². The van der Waals surface area contributed by atoms with Gasteiger partial charge in [-0.2, -0.15) is 0 Å². The molecular formula is C10H22O3S. The monoisotopic (exact) mass is 222 g/mol. The summed E-state index contributed by atoms with van der Waals surface area (Å²) < 4.78 is 21.8. The van der Waals surface area contributed by atoms with Crippen molar-refractivity contribution in [2.75, 3.05) is 18.6 Å². The van der Waals surface area contributed by atoms with Gasteiger partial charge in [-0.15, -0.1) is 0 Å². The minimum Gasteiger partial charge on any atom is -0.396 e. The van der Waals surface area contributed by atoms with Crippen molar-refractivity contribution in [2.24, 2.45) is 11.3 Å². The van der Waals surface area contributed by atoms with E-state index in [9.17, 15) is 13.5 Å². The minimum absolute atomic E-state index is 0.119. The van der Waals surface area contributed by atoms with Crippen LogP contribution < -0.4 is 0 Å². The maximum atomic E-state index is 10.9. The number of hydrogen-bond donors (Lipinski definition) is 1. The first-order valence-electron chi connectivity index (χ1n) is 5.00. The predicted octanol–water partition coefficient (Wildman–Crippen LogP) is 1.47. The summed E-state index contributed by atoms with van der Waals surface area (Å²) in [6.07, 6.45) is 2.64. The summed E-state index contributed by atoms with van der Waals surface area (Å²) in [4.78, 5) is 0. The number of aliphatic hydroxyl groups is 1. The van der Waals surface area contributed by atoms with Gasteiger partial charge in [0.15, 0.2) is 0 Å². The average molecular weight is 222 g/mol. The zero-order valence-corrected chi connectivity index (χ0v) is 10.4. The van der Waals surface area contributed by atoms with E-state index in [1.807, 2.05) is 6.92 Å². The first-order valence-corrected chi connectivity index (χ1v) is 7.06. The van der Waals surface area contributed by atoms with Gasteiger partial charge < -0.3 is 5.11 Å². The van der Waals surface area contributed by atoms with E-state index in [1.165, 1.54) is 6.26 Å². The third-order valence-corrected chi connectivity index (χ3v) is 4.05. The van der Waals surface area contributed by atoms with Crippen LogP contribution in [0.2, 0.25) is 0 Å². The third kappa shape index (κ3) is 4.96. The Labute approximate surface area is 87.4 Å². The fraction of sp³-hybridized carbons (Fsp3) is 1.00. The van der Waals surface area contributed by atoms with Crippen LogP contribution in [0.4, 0.5) is 0 Å². The smallest absolute Gasteiger partial charge is 0.147 e. The van der Waals surface area contributed by atoms with Crippen LogP contribution in [0, 0.1) is 11.3 Å². The molecule has 1 N–H and O–H groups in total. The van der Waals surface area contributed by atoms with Crippen LogP contribution in [0.1, 0.15) is 33.6 Å². The summed E-state index contributed by atoms with van der Waals surface area (Å²) >= 11 is 0. The molecule has 0 amide bonds. The van der Waals surface area contributed by atoms with E-state index in [2.05, 4.69) is 13.8 Å². The topological polar surface area (TPSA) is 54.4 Å². The summed E-state index contributed by atoms with van der Waals surface area (Å²) in [6, 6.07) is 0. The van der Waals surface area contributed by atoms with Crippen molar-refractivity contribution in [3.05, 3.63) is 0 Å². The van der Waals surface area contributed by atoms with E-state index < -0.39 is 9.84 Å². The highest BCUT2D eigenvalue weighted by atomic mass is 32.2. The molecular weight excluding hydrogens is 200 g/mol. The summed E-state index contributed by atoms with van der Waals surface area (Å²) in [7, 11) is -2.86. The van der Waals surface area contributed by atoms with Crippen molar-refractivity contribution in [1.29, 1.82) is 0 Å². The highest BCUT2D eigenvalue weighted by Crippen LogP contribution is 2.31. The Morgan fingerprint density at radius 2 is 1.86 bits per heavy atom. The number of hydrogen-bond acceptors (Lipinski definition) is 3. The molecule has 3 nitrogen and oxygen atoms in total. The molecule has 86 valence electrons. The molecule has 4 heteroatoms. The maximum Gasteiger partial charge on any atom is 0.147 e. The van der Waals surface area contributed by atoms with Crippen molar-refractivity contribution >= 4 is 9.84 Å². The lowest BCUT2D eigenvalue weighted by Gasteiger charge is -2.31. The number of aliphatic hydroxyl groups excluding tert-OH is 1. The van der Waals surface area contributed by atoms with Crippen LogP contribution in [-0.2, 0) is 9.84 Å². The Bertz CT molecular complexity index is 257. The molecule has 0 aromatic rings. The Morgan fingerprint density at radius 1 is 1.36 bits per heavy atom. The van der Waals surface area contributed by atoms with Gasteiger partial charge in [0.05, 0.1) is 0 Å². The van der Waals surface area contributed by atoms with E-state index in [0.29, 0.717) is 12.3 Å². The molecule has 0 aliphatic carbocycles. The molecule has 0 aromatic carbocycles. The van der Waals surface area contributed by atoms with Gasteiger partial charge in [0.2, 0.25) is 0 Å². The van der Waals surface area contributed by atoms with Gasteiger partial charge >= 0.3 is 0 Å². The standard InChI is InChI=1S/C10H22O3S/c1-9(2)10(3,8-11)6-5-7-14(4,12)13/h9,11H,5-8H2,1-4H3. The highest BCUT2D eigenvalue weighted by Gasteiger charge is 2.27. The van der Waals surface area contributed by atoms with Crippen molar-refractivity contribution in [2.45, 2.75) is 33.6 Å². The number of sulfone groups is 1. The molecule has 0 heterocycles. The molecule has 1 unspecified atom stereocenters. The summed E-state index contributed by atoms with van der Waals surface area (Å²) in [5.74, 6) is 0.585. The van der Waals surface area contributed by atoms with Gasteiger partial charge in [-0.3, -0.25) is 0 Å². The summed E-state index contributed by atoms with van der Waals surface area (Å²) in [6.45, 7) is 6.22. The second kappa shape index (κ2) is 5.12. The summed E-state index contributed by atoms with van der Waals surface area (Å²) in [5.41, 5.74) is -0.148. The Balaban J connectivity index is 4.10. The summed E-state index contributed by atoms with van der Waals surface area (Å²) in [5, 5.41) is 9.24. The Kier molecular flexibility index (Phi) is 5.09. The second-order valence-corrected chi connectivity index (χ2v) is 6.96. The molecule has 0 bridgehead atoms. The van der Waals surface area contributed by atoms with Gasteiger partial charge in [0.1, 0.15) is 9.84 Å². The predicted molar refractivity (Wildman–Crippen MR) is 59.0 cm³/mol. The Hall–Kier alpha value is -0.0900. The average Bonchev–Trinajstić information content (AvgIpc) is 2.01. The molecule has 0 saturated carbocycles. The lowest BCUT2D eigenvalue weighted by molar-refractivity contribution is 0.0849. The molecule has 0 aliphatic heterocycles. The first kappa shape index (κ1) is 13.9. The fourth-order valence-electron chi connectivity index (χ4n) is 1.29. The molecule has 0 aliphatic rings. The minimum atomic E-state index is -2.86. The SMILES string of the molecule is CC(C)C(C)(CO)CCCS(C)(=O)=O. The van der Waals surface area contributed by atoms with Crippen LogP contribution in [-0.4, -0.2) is 32.1 Å². The van der Waals surface area contributed by atoms with Crippen molar-refractivity contribution in [3.8, 4) is 0 Å². The zero-order valence-electron chi connectivity index (χ0n) is 9.58. The van der Waals surface area contributed by atoms with Crippen LogP contribution >= 0.6 is 0 Å². The van der Waals surface area contributed by atoms with Gasteiger partial charge in [-0.25, -0.2) is 8.42 Å². The number of rotatable bonds is 6. The van der Waals surface area contributed by atoms with Crippen molar-refractivity contribution in [1.82, 2.24) is 0 Å². The van der Waals surface area contributed by atoms with Crippen LogP contribution in [0.25, 0.3) is 0 Å². The molecule has 0 fully saturated rings. The van der Waals surface area contributed by atoms with Gasteiger partial charge in [-0.1, -0.05) is 20.8 Å². The zero-order chi connectivity index (χ0) is 11.4. The molecule has 0 rings (SSSR count). The molecule has 0 saturated heterocycles. The lowest BCUT2D eigenvalue weighted by Crippen LogP contribution is -2.28.